The summed E-state index contributed by atoms with van der Waals surface area (Å²) in [6.07, 6.45) is 0.940. The summed E-state index contributed by atoms with van der Waals surface area (Å²) in [5.74, 6) is 1.62. The molecule has 2 amide bonds. The Morgan fingerprint density at radius 2 is 1.65 bits per heavy atom. The Morgan fingerprint density at radius 1 is 0.946 bits per heavy atom. The lowest BCUT2D eigenvalue weighted by molar-refractivity contribution is 0.244. The molecule has 188 valence electrons. The predicted molar refractivity (Wildman–Crippen MR) is 144 cm³/mol. The highest BCUT2D eigenvalue weighted by atomic mass is 16.5. The van der Waals surface area contributed by atoms with Crippen LogP contribution in [0.2, 0.25) is 0 Å². The lowest BCUT2D eigenvalue weighted by atomic mass is 9.93. The van der Waals surface area contributed by atoms with Gasteiger partial charge in [-0.3, -0.25) is 4.90 Å². The maximum Gasteiger partial charge on any atom is 0.326 e. The van der Waals surface area contributed by atoms with Gasteiger partial charge < -0.3 is 14.6 Å². The first kappa shape index (κ1) is 24.3. The van der Waals surface area contributed by atoms with Crippen LogP contribution in [0.15, 0.2) is 83.0 Å². The number of nitrogens with zero attached hydrogens (tertiary/aromatic N) is 3. The summed E-state index contributed by atoms with van der Waals surface area (Å²) in [7, 11) is 0. The maximum absolute atomic E-state index is 13.4. The van der Waals surface area contributed by atoms with Gasteiger partial charge in [0, 0.05) is 11.3 Å². The predicted octanol–water partition coefficient (Wildman–Crippen LogP) is 6.71. The Hall–Kier alpha value is -4.39. The van der Waals surface area contributed by atoms with E-state index in [0.717, 1.165) is 45.8 Å². The van der Waals surface area contributed by atoms with Crippen LogP contribution < -0.4 is 15.0 Å². The second-order valence-corrected chi connectivity index (χ2v) is 9.03. The molecule has 0 saturated carbocycles. The van der Waals surface area contributed by atoms with Crippen LogP contribution in [0.3, 0.4) is 0 Å². The lowest BCUT2D eigenvalue weighted by Gasteiger charge is -2.35. The van der Waals surface area contributed by atoms with E-state index < -0.39 is 6.04 Å². The summed E-state index contributed by atoms with van der Waals surface area (Å²) in [5, 5.41) is 7.43. The van der Waals surface area contributed by atoms with Crippen LogP contribution in [0, 0.1) is 6.92 Å². The van der Waals surface area contributed by atoms with Crippen LogP contribution in [0.4, 0.5) is 10.5 Å². The standard InChI is InChI=1S/C30H30N4O3/c1-5-21-9-11-22(12-10-21)27-26(20(4)34(30(35)31-27)24-15-7-19(3)8-16-24)29-32-28(33-37-29)23-13-17-25(18-14-23)36-6-2/h7-18,27H,5-6H2,1-4H3,(H,31,35). The number of hydrogen-bond donors (Lipinski definition) is 1. The molecule has 4 aromatic rings. The van der Waals surface area contributed by atoms with E-state index in [0.29, 0.717) is 18.3 Å². The topological polar surface area (TPSA) is 80.5 Å². The highest BCUT2D eigenvalue weighted by Gasteiger charge is 2.36. The number of carbonyl (C=O) groups excluding carboxylic acids is 1. The minimum absolute atomic E-state index is 0.207. The molecule has 0 spiro atoms. The summed E-state index contributed by atoms with van der Waals surface area (Å²) in [5.41, 5.74) is 6.37. The largest absolute Gasteiger partial charge is 0.494 e. The van der Waals surface area contributed by atoms with Crippen molar-refractivity contribution in [2.45, 2.75) is 40.2 Å². The van der Waals surface area contributed by atoms with Gasteiger partial charge in [0.15, 0.2) is 0 Å². The molecular weight excluding hydrogens is 464 g/mol. The molecule has 3 aromatic carbocycles. The molecule has 7 nitrogen and oxygen atoms in total. The van der Waals surface area contributed by atoms with Crippen molar-refractivity contribution in [3.8, 4) is 17.1 Å². The molecule has 2 heterocycles. The first-order chi connectivity index (χ1) is 18.0. The molecule has 0 saturated heterocycles. The van der Waals surface area contributed by atoms with Crippen LogP contribution in [0.5, 0.6) is 5.75 Å². The highest BCUT2D eigenvalue weighted by molar-refractivity contribution is 6.01. The molecule has 7 heteroatoms. The third-order valence-electron chi connectivity index (χ3n) is 6.58. The van der Waals surface area contributed by atoms with Gasteiger partial charge >= 0.3 is 6.03 Å². The van der Waals surface area contributed by atoms with Gasteiger partial charge in [-0.1, -0.05) is 54.0 Å². The van der Waals surface area contributed by atoms with E-state index in [9.17, 15) is 4.79 Å². The first-order valence-electron chi connectivity index (χ1n) is 12.5. The van der Waals surface area contributed by atoms with Crippen molar-refractivity contribution in [3.63, 3.8) is 0 Å². The third kappa shape index (κ3) is 4.85. The average Bonchev–Trinajstić information content (AvgIpc) is 3.40. The number of aryl methyl sites for hydroxylation is 2. The average molecular weight is 495 g/mol. The molecule has 1 unspecified atom stereocenters. The fraction of sp³-hybridized carbons (Fsp3) is 0.233. The van der Waals surface area contributed by atoms with Crippen LogP contribution in [-0.4, -0.2) is 22.8 Å². The van der Waals surface area contributed by atoms with Gasteiger partial charge in [0.25, 0.3) is 5.89 Å². The fourth-order valence-corrected chi connectivity index (χ4v) is 4.54. The number of allylic oxidation sites excluding steroid dienone is 1. The van der Waals surface area contributed by atoms with Crippen molar-refractivity contribution in [2.24, 2.45) is 0 Å². The zero-order chi connectivity index (χ0) is 25.9. The van der Waals surface area contributed by atoms with E-state index >= 15 is 0 Å². The molecule has 37 heavy (non-hydrogen) atoms. The number of benzene rings is 3. The van der Waals surface area contributed by atoms with Gasteiger partial charge in [-0.15, -0.1) is 0 Å². The maximum atomic E-state index is 13.4. The van der Waals surface area contributed by atoms with Crippen LogP contribution in [-0.2, 0) is 6.42 Å². The molecule has 1 atom stereocenters. The van der Waals surface area contributed by atoms with Gasteiger partial charge in [-0.05, 0) is 74.7 Å². The normalized spacial score (nSPS) is 15.6. The van der Waals surface area contributed by atoms with Crippen LogP contribution in [0.25, 0.3) is 17.0 Å². The zero-order valence-corrected chi connectivity index (χ0v) is 21.5. The van der Waals surface area contributed by atoms with E-state index in [4.69, 9.17) is 14.2 Å². The number of anilines is 1. The molecule has 5 rings (SSSR count). The molecule has 1 aliphatic heterocycles. The molecule has 0 radical (unpaired) electrons. The Labute approximate surface area is 216 Å². The minimum Gasteiger partial charge on any atom is -0.494 e. The summed E-state index contributed by atoms with van der Waals surface area (Å²) >= 11 is 0. The van der Waals surface area contributed by atoms with Crippen molar-refractivity contribution >= 4 is 17.3 Å². The molecule has 1 N–H and O–H groups in total. The molecule has 0 fully saturated rings. The van der Waals surface area contributed by atoms with Gasteiger partial charge in [0.1, 0.15) is 5.75 Å². The molecule has 1 aliphatic rings. The number of carbonyl (C=O) groups is 1. The Balaban J connectivity index is 1.59. The van der Waals surface area contributed by atoms with Crippen molar-refractivity contribution in [1.29, 1.82) is 0 Å². The van der Waals surface area contributed by atoms with E-state index in [1.165, 1.54) is 5.56 Å². The number of aromatic nitrogens is 2. The van der Waals surface area contributed by atoms with Gasteiger partial charge in [0.2, 0.25) is 5.82 Å². The Bertz CT molecular complexity index is 1420. The number of hydrogen-bond acceptors (Lipinski definition) is 5. The second-order valence-electron chi connectivity index (χ2n) is 9.03. The van der Waals surface area contributed by atoms with Crippen molar-refractivity contribution in [3.05, 3.63) is 101 Å². The van der Waals surface area contributed by atoms with Crippen molar-refractivity contribution < 1.29 is 14.1 Å². The van der Waals surface area contributed by atoms with E-state index in [1.807, 2.05) is 81.4 Å². The molecule has 0 bridgehead atoms. The van der Waals surface area contributed by atoms with Crippen LogP contribution in [0.1, 0.15) is 49.4 Å². The third-order valence-corrected chi connectivity index (χ3v) is 6.58. The van der Waals surface area contributed by atoms with Crippen LogP contribution >= 0.6 is 0 Å². The Morgan fingerprint density at radius 3 is 2.30 bits per heavy atom. The number of rotatable bonds is 7. The lowest BCUT2D eigenvalue weighted by Crippen LogP contribution is -2.46. The molecular formula is C30H30N4O3. The van der Waals surface area contributed by atoms with Crippen molar-refractivity contribution in [1.82, 2.24) is 15.5 Å². The number of nitrogens with one attached hydrogen (secondary N) is 1. The number of urea groups is 1. The smallest absolute Gasteiger partial charge is 0.326 e. The van der Waals surface area contributed by atoms with Gasteiger partial charge in [-0.2, -0.15) is 4.98 Å². The summed E-state index contributed by atoms with van der Waals surface area (Å²) in [6.45, 7) is 8.60. The number of ether oxygens (including phenoxy) is 1. The highest BCUT2D eigenvalue weighted by Crippen LogP contribution is 2.39. The van der Waals surface area contributed by atoms with Crippen molar-refractivity contribution in [2.75, 3.05) is 11.5 Å². The van der Waals surface area contributed by atoms with Gasteiger partial charge in [-0.25, -0.2) is 4.79 Å². The fourth-order valence-electron chi connectivity index (χ4n) is 4.54. The second kappa shape index (κ2) is 10.3. The Kier molecular flexibility index (Phi) is 6.77. The monoisotopic (exact) mass is 494 g/mol. The molecule has 0 aliphatic carbocycles. The first-order valence-corrected chi connectivity index (χ1v) is 12.5. The SMILES string of the molecule is CCOc1ccc(-c2noc(C3=C(C)N(c4ccc(C)cc4)C(=O)NC3c3ccc(CC)cc3)n2)cc1. The zero-order valence-electron chi connectivity index (χ0n) is 21.5. The molecule has 1 aromatic heterocycles. The summed E-state index contributed by atoms with van der Waals surface area (Å²) in [4.78, 5) is 19.8. The summed E-state index contributed by atoms with van der Waals surface area (Å²) in [6, 6.07) is 23.0. The minimum atomic E-state index is -0.436. The summed E-state index contributed by atoms with van der Waals surface area (Å²) < 4.78 is 11.4. The van der Waals surface area contributed by atoms with E-state index in [1.54, 1.807) is 4.90 Å². The quantitative estimate of drug-likeness (QED) is 0.309. The number of amides is 2. The van der Waals surface area contributed by atoms with E-state index in [2.05, 4.69) is 29.5 Å². The van der Waals surface area contributed by atoms with Gasteiger partial charge in [0.05, 0.1) is 23.9 Å². The van der Waals surface area contributed by atoms with E-state index in [-0.39, 0.29) is 6.03 Å².